The predicted molar refractivity (Wildman–Crippen MR) is 123 cm³/mol. The average molecular weight is 507 g/mol. The minimum Gasteiger partial charge on any atom is -0.388 e. The monoisotopic (exact) mass is 506 g/mol. The summed E-state index contributed by atoms with van der Waals surface area (Å²) in [7, 11) is 0. The van der Waals surface area contributed by atoms with E-state index in [4.69, 9.17) is 9.47 Å². The molecule has 4 aliphatic heterocycles. The maximum atomic E-state index is 13.7. The van der Waals surface area contributed by atoms with Gasteiger partial charge in [0.15, 0.2) is 0 Å². The molecule has 198 valence electrons. The number of aliphatic hydroxyl groups excluding tert-OH is 2. The summed E-state index contributed by atoms with van der Waals surface area (Å²) in [5, 5.41) is 24.1. The van der Waals surface area contributed by atoms with Crippen LogP contribution in [0.4, 0.5) is 0 Å². The summed E-state index contributed by atoms with van der Waals surface area (Å²) in [5.74, 6) is 0.121. The molecule has 0 spiro atoms. The minimum absolute atomic E-state index is 0.0395. The van der Waals surface area contributed by atoms with E-state index in [9.17, 15) is 24.6 Å². The fourth-order valence-electron chi connectivity index (χ4n) is 5.67. The summed E-state index contributed by atoms with van der Waals surface area (Å²) in [6.45, 7) is 3.68. The number of carbonyl (C=O) groups is 3. The maximum absolute atomic E-state index is 13.7. The largest absolute Gasteiger partial charge is 0.388 e. The maximum Gasteiger partial charge on any atom is 0.240 e. The van der Waals surface area contributed by atoms with E-state index in [1.165, 1.54) is 11.8 Å². The number of imidazole rings is 1. The number of aromatic nitrogens is 2. The molecule has 5 heterocycles. The standard InChI is InChI=1S/C23H34N6O7/c1-13(30)28-10-15-9-27(4-5-35-15)23(34)16-6-14(8-29(16)12-19-24-2-3-25-19)26-20(31)7-17-21(32)22(33)18(11-28)36-17/h2-3,14-18,21-22,32-33H,4-12H2,1H3,(H,24,25)(H,26,31)/t14-,15-,16-,17-,18+,21-,22+/m0/s1. The molecule has 1 aromatic rings. The van der Waals surface area contributed by atoms with E-state index < -0.39 is 36.6 Å². The Balaban J connectivity index is 1.40. The van der Waals surface area contributed by atoms with Gasteiger partial charge in [0.2, 0.25) is 17.7 Å². The van der Waals surface area contributed by atoms with Gasteiger partial charge in [-0.3, -0.25) is 19.3 Å². The molecule has 0 aromatic carbocycles. The van der Waals surface area contributed by atoms with Crippen molar-refractivity contribution in [3.8, 4) is 0 Å². The molecule has 4 aliphatic rings. The zero-order valence-corrected chi connectivity index (χ0v) is 20.3. The number of amides is 3. The molecule has 4 fully saturated rings. The van der Waals surface area contributed by atoms with Gasteiger partial charge in [0.1, 0.15) is 24.1 Å². The molecule has 3 amide bonds. The molecule has 1 aromatic heterocycles. The van der Waals surface area contributed by atoms with Gasteiger partial charge in [0.25, 0.3) is 0 Å². The van der Waals surface area contributed by atoms with E-state index in [0.717, 1.165) is 5.82 Å². The molecule has 0 aliphatic carbocycles. The molecular formula is C23H34N6O7. The van der Waals surface area contributed by atoms with Gasteiger partial charge < -0.3 is 39.8 Å². The number of likely N-dealkylation sites (tertiary alicyclic amines) is 1. The first-order valence-electron chi connectivity index (χ1n) is 12.5. The zero-order valence-electron chi connectivity index (χ0n) is 20.3. The number of aliphatic hydroxyl groups is 2. The molecule has 6 bridgehead atoms. The number of carbonyl (C=O) groups excluding carboxylic acids is 3. The number of hydrogen-bond donors (Lipinski definition) is 4. The smallest absolute Gasteiger partial charge is 0.240 e. The predicted octanol–water partition coefficient (Wildman–Crippen LogP) is -2.56. The summed E-state index contributed by atoms with van der Waals surface area (Å²) < 4.78 is 11.7. The van der Waals surface area contributed by atoms with Crippen molar-refractivity contribution < 1.29 is 34.1 Å². The number of aromatic amines is 1. The van der Waals surface area contributed by atoms with Crippen LogP contribution in [0.15, 0.2) is 12.4 Å². The second-order valence-electron chi connectivity index (χ2n) is 10.1. The van der Waals surface area contributed by atoms with Crippen LogP contribution in [0.2, 0.25) is 0 Å². The van der Waals surface area contributed by atoms with Gasteiger partial charge in [0.05, 0.1) is 37.8 Å². The molecule has 0 unspecified atom stereocenters. The average Bonchev–Trinajstić information content (AvgIpc) is 3.56. The Morgan fingerprint density at radius 3 is 2.72 bits per heavy atom. The molecule has 36 heavy (non-hydrogen) atoms. The van der Waals surface area contributed by atoms with E-state index >= 15 is 0 Å². The van der Waals surface area contributed by atoms with Crippen LogP contribution < -0.4 is 5.32 Å². The minimum atomic E-state index is -1.25. The zero-order chi connectivity index (χ0) is 25.4. The highest BCUT2D eigenvalue weighted by Crippen LogP contribution is 2.27. The van der Waals surface area contributed by atoms with Crippen LogP contribution in [-0.4, -0.2) is 135 Å². The van der Waals surface area contributed by atoms with Crippen molar-refractivity contribution in [2.75, 3.05) is 39.3 Å². The van der Waals surface area contributed by atoms with E-state index in [0.29, 0.717) is 39.2 Å². The van der Waals surface area contributed by atoms with Gasteiger partial charge in [-0.15, -0.1) is 0 Å². The van der Waals surface area contributed by atoms with Crippen molar-refractivity contribution in [2.24, 2.45) is 0 Å². The lowest BCUT2D eigenvalue weighted by molar-refractivity contribution is -0.146. The van der Waals surface area contributed by atoms with E-state index in [-0.39, 0.29) is 43.3 Å². The molecule has 13 nitrogen and oxygen atoms in total. The molecule has 0 saturated carbocycles. The number of H-pyrrole nitrogens is 1. The molecule has 0 radical (unpaired) electrons. The number of ether oxygens (including phenoxy) is 2. The number of nitrogens with zero attached hydrogens (tertiary/aromatic N) is 4. The summed E-state index contributed by atoms with van der Waals surface area (Å²) in [5.41, 5.74) is 0. The lowest BCUT2D eigenvalue weighted by Gasteiger charge is -2.38. The third-order valence-electron chi connectivity index (χ3n) is 7.53. The quantitative estimate of drug-likeness (QED) is 0.338. The van der Waals surface area contributed by atoms with Crippen LogP contribution in [0.5, 0.6) is 0 Å². The Morgan fingerprint density at radius 2 is 1.97 bits per heavy atom. The topological polar surface area (TPSA) is 161 Å². The molecule has 7 atom stereocenters. The molecular weight excluding hydrogens is 472 g/mol. The summed E-state index contributed by atoms with van der Waals surface area (Å²) >= 11 is 0. The van der Waals surface area contributed by atoms with Crippen LogP contribution in [0, 0.1) is 0 Å². The number of morpholine rings is 1. The van der Waals surface area contributed by atoms with Gasteiger partial charge in [-0.2, -0.15) is 0 Å². The van der Waals surface area contributed by atoms with Gasteiger partial charge >= 0.3 is 0 Å². The van der Waals surface area contributed by atoms with Gasteiger partial charge in [-0.1, -0.05) is 0 Å². The Labute approximate surface area is 208 Å². The fourth-order valence-corrected chi connectivity index (χ4v) is 5.67. The first-order chi connectivity index (χ1) is 17.3. The highest BCUT2D eigenvalue weighted by Gasteiger charge is 2.46. The molecule has 13 heteroatoms. The van der Waals surface area contributed by atoms with Crippen LogP contribution in [0.3, 0.4) is 0 Å². The molecule has 4 saturated heterocycles. The highest BCUT2D eigenvalue weighted by molar-refractivity contribution is 5.83. The summed E-state index contributed by atoms with van der Waals surface area (Å²) in [6.07, 6.45) is -0.927. The summed E-state index contributed by atoms with van der Waals surface area (Å²) in [4.78, 5) is 51.5. The van der Waals surface area contributed by atoms with Crippen molar-refractivity contribution >= 4 is 17.7 Å². The normalized spacial score (nSPS) is 36.2. The van der Waals surface area contributed by atoms with Crippen molar-refractivity contribution in [1.82, 2.24) is 30.0 Å². The van der Waals surface area contributed by atoms with E-state index in [1.54, 1.807) is 17.3 Å². The number of hydrogen-bond acceptors (Lipinski definition) is 9. The lowest BCUT2D eigenvalue weighted by atomic mass is 10.0. The van der Waals surface area contributed by atoms with Gasteiger partial charge in [0, 0.05) is 58.1 Å². The number of rotatable bonds is 2. The fraction of sp³-hybridized carbons (Fsp3) is 0.739. The van der Waals surface area contributed by atoms with E-state index in [2.05, 4.69) is 15.3 Å². The van der Waals surface area contributed by atoms with Crippen LogP contribution in [0.1, 0.15) is 25.6 Å². The van der Waals surface area contributed by atoms with Gasteiger partial charge in [-0.25, -0.2) is 4.98 Å². The highest BCUT2D eigenvalue weighted by atomic mass is 16.5. The summed E-state index contributed by atoms with van der Waals surface area (Å²) in [6, 6.07) is -0.714. The lowest BCUT2D eigenvalue weighted by Crippen LogP contribution is -2.55. The first-order valence-corrected chi connectivity index (χ1v) is 12.5. The Morgan fingerprint density at radius 1 is 1.17 bits per heavy atom. The Bertz CT molecular complexity index is 961. The molecule has 5 rings (SSSR count). The SMILES string of the molecule is CC(=O)N1C[C@@H]2CN(CCO2)C(=O)[C@@H]2C[C@@H](CN2Cc2ncc[nH]2)NC(=O)C[C@@H]2O[C@H](C1)[C@@H](O)[C@H]2O. The Kier molecular flexibility index (Phi) is 7.26. The third-order valence-corrected chi connectivity index (χ3v) is 7.53. The van der Waals surface area contributed by atoms with Crippen molar-refractivity contribution in [2.45, 2.75) is 68.9 Å². The second-order valence-corrected chi connectivity index (χ2v) is 10.1. The van der Waals surface area contributed by atoms with Crippen molar-refractivity contribution in [3.63, 3.8) is 0 Å². The van der Waals surface area contributed by atoms with Crippen molar-refractivity contribution in [3.05, 3.63) is 18.2 Å². The second kappa shape index (κ2) is 10.4. The van der Waals surface area contributed by atoms with Gasteiger partial charge in [-0.05, 0) is 6.42 Å². The van der Waals surface area contributed by atoms with Crippen LogP contribution >= 0.6 is 0 Å². The van der Waals surface area contributed by atoms with Crippen LogP contribution in [0.25, 0.3) is 0 Å². The first kappa shape index (κ1) is 25.1. The van der Waals surface area contributed by atoms with Crippen LogP contribution in [-0.2, 0) is 30.4 Å². The number of nitrogens with one attached hydrogen (secondary N) is 2. The van der Waals surface area contributed by atoms with Crippen molar-refractivity contribution in [1.29, 1.82) is 0 Å². The molecule has 4 N–H and O–H groups in total. The third kappa shape index (κ3) is 5.25. The number of fused-ring (bicyclic) bond motifs is 6. The van der Waals surface area contributed by atoms with E-state index in [1.807, 2.05) is 4.90 Å². The Hall–Kier alpha value is -2.58.